The van der Waals surface area contributed by atoms with Crippen LogP contribution < -0.4 is 19.5 Å². The number of carbonyl (C=O) groups excluding carboxylic acids is 1. The Morgan fingerprint density at radius 3 is 2.38 bits per heavy atom. The summed E-state index contributed by atoms with van der Waals surface area (Å²) in [6.45, 7) is 2.23. The maximum atomic E-state index is 13.5. The quantitative estimate of drug-likeness (QED) is 0.445. The van der Waals surface area contributed by atoms with Gasteiger partial charge in [-0.1, -0.05) is 12.1 Å². The minimum atomic E-state index is -3.82. The number of methoxy groups -OCH3 is 2. The number of rotatable bonds is 11. The van der Waals surface area contributed by atoms with Crippen LogP contribution in [0.15, 0.2) is 71.9 Å². The second-order valence-electron chi connectivity index (χ2n) is 7.39. The highest BCUT2D eigenvalue weighted by Gasteiger charge is 2.30. The molecule has 0 saturated carbocycles. The Morgan fingerprint density at radius 1 is 1.03 bits per heavy atom. The molecule has 1 unspecified atom stereocenters. The molecule has 0 aliphatic heterocycles. The lowest BCUT2D eigenvalue weighted by atomic mass is 10.1. The van der Waals surface area contributed by atoms with Crippen LogP contribution in [0.25, 0.3) is 0 Å². The number of hydrogen-bond acceptors (Lipinski definition) is 7. The van der Waals surface area contributed by atoms with Crippen molar-refractivity contribution >= 4 is 15.7 Å². The predicted molar refractivity (Wildman–Crippen MR) is 128 cm³/mol. The van der Waals surface area contributed by atoms with E-state index in [0.29, 0.717) is 35.0 Å². The first-order valence-electron chi connectivity index (χ1n) is 10.7. The number of aromatic nitrogens is 1. The van der Waals surface area contributed by atoms with Gasteiger partial charge in [-0.15, -0.1) is 0 Å². The van der Waals surface area contributed by atoms with Crippen LogP contribution >= 0.6 is 0 Å². The largest absolute Gasteiger partial charge is 0.494 e. The van der Waals surface area contributed by atoms with E-state index in [2.05, 4.69) is 10.3 Å². The molecular weight excluding hydrogens is 456 g/mol. The lowest BCUT2D eigenvalue weighted by Gasteiger charge is -2.19. The monoisotopic (exact) mass is 484 g/mol. The van der Waals surface area contributed by atoms with Gasteiger partial charge in [0.15, 0.2) is 21.3 Å². The average Bonchev–Trinajstić information content (AvgIpc) is 2.85. The molecule has 1 aromatic heterocycles. The van der Waals surface area contributed by atoms with Crippen molar-refractivity contribution in [3.63, 3.8) is 0 Å². The van der Waals surface area contributed by atoms with Crippen molar-refractivity contribution in [2.24, 2.45) is 0 Å². The topological polar surface area (TPSA) is 104 Å². The molecule has 0 aliphatic carbocycles. The summed E-state index contributed by atoms with van der Waals surface area (Å²) in [5, 5.41) is 1.75. The maximum absolute atomic E-state index is 13.5. The molecule has 0 fully saturated rings. The molecule has 0 spiro atoms. The molecule has 0 saturated heterocycles. The Bertz CT molecular complexity index is 1200. The Morgan fingerprint density at radius 2 is 1.76 bits per heavy atom. The molecule has 0 aliphatic rings. The van der Waals surface area contributed by atoms with E-state index < -0.39 is 15.1 Å². The summed E-state index contributed by atoms with van der Waals surface area (Å²) in [7, 11) is -0.766. The van der Waals surface area contributed by atoms with E-state index in [1.165, 1.54) is 32.5 Å². The molecule has 9 heteroatoms. The number of hydrogen-bond donors (Lipinski definition) is 1. The molecule has 8 nitrogen and oxygen atoms in total. The lowest BCUT2D eigenvalue weighted by molar-refractivity contribution is -0.120. The van der Waals surface area contributed by atoms with E-state index in [1.807, 2.05) is 6.92 Å². The van der Waals surface area contributed by atoms with Crippen LogP contribution in [0.4, 0.5) is 0 Å². The summed E-state index contributed by atoms with van der Waals surface area (Å²) >= 11 is 0. The fourth-order valence-electron chi connectivity index (χ4n) is 3.47. The number of benzene rings is 2. The third-order valence-electron chi connectivity index (χ3n) is 5.19. The molecule has 1 N–H and O–H groups in total. The van der Waals surface area contributed by atoms with Crippen LogP contribution in [0.1, 0.15) is 23.3 Å². The van der Waals surface area contributed by atoms with Crippen molar-refractivity contribution in [3.05, 3.63) is 78.1 Å². The van der Waals surface area contributed by atoms with Gasteiger partial charge in [-0.25, -0.2) is 8.42 Å². The van der Waals surface area contributed by atoms with Crippen molar-refractivity contribution in [1.29, 1.82) is 0 Å². The Kier molecular flexibility index (Phi) is 8.48. The van der Waals surface area contributed by atoms with Gasteiger partial charge in [0, 0.05) is 18.9 Å². The number of sulfone groups is 1. The van der Waals surface area contributed by atoms with Gasteiger partial charge in [0.25, 0.3) is 0 Å². The normalized spacial score (nSPS) is 12.0. The fourth-order valence-corrected chi connectivity index (χ4v) is 5.12. The summed E-state index contributed by atoms with van der Waals surface area (Å²) in [6, 6.07) is 14.8. The predicted octanol–water partition coefficient (Wildman–Crippen LogP) is 3.37. The van der Waals surface area contributed by atoms with Crippen LogP contribution in [-0.4, -0.2) is 46.7 Å². The Hall–Kier alpha value is -3.59. The van der Waals surface area contributed by atoms with Crippen LogP contribution in [0.2, 0.25) is 0 Å². The molecule has 34 heavy (non-hydrogen) atoms. The highest BCUT2D eigenvalue weighted by molar-refractivity contribution is 7.91. The van der Waals surface area contributed by atoms with Gasteiger partial charge >= 0.3 is 0 Å². The Labute approximate surface area is 199 Å². The minimum absolute atomic E-state index is 0.0587. The van der Waals surface area contributed by atoms with Crippen molar-refractivity contribution in [2.75, 3.05) is 27.4 Å². The molecule has 1 atom stereocenters. The summed E-state index contributed by atoms with van der Waals surface area (Å²) in [5.41, 5.74) is 1.20. The minimum Gasteiger partial charge on any atom is -0.494 e. The van der Waals surface area contributed by atoms with E-state index in [9.17, 15) is 13.2 Å². The van der Waals surface area contributed by atoms with Crippen LogP contribution in [0.5, 0.6) is 17.2 Å². The Balaban J connectivity index is 1.79. The third-order valence-corrected chi connectivity index (χ3v) is 7.31. The SMILES string of the molecule is CCOc1ccc(S(=O)(=O)C(CNC(=O)Cc2ccc(OC)c(OC)c2)c2cccnc2)cc1. The van der Waals surface area contributed by atoms with Crippen molar-refractivity contribution < 1.29 is 27.4 Å². The summed E-state index contributed by atoms with van der Waals surface area (Å²) in [4.78, 5) is 16.9. The lowest BCUT2D eigenvalue weighted by Crippen LogP contribution is -2.33. The van der Waals surface area contributed by atoms with Crippen LogP contribution in [0.3, 0.4) is 0 Å². The van der Waals surface area contributed by atoms with E-state index in [-0.39, 0.29) is 23.8 Å². The molecule has 180 valence electrons. The van der Waals surface area contributed by atoms with Gasteiger partial charge in [0.2, 0.25) is 5.91 Å². The van der Waals surface area contributed by atoms with Gasteiger partial charge in [-0.2, -0.15) is 0 Å². The zero-order chi connectivity index (χ0) is 24.6. The van der Waals surface area contributed by atoms with Gasteiger partial charge in [-0.3, -0.25) is 9.78 Å². The maximum Gasteiger partial charge on any atom is 0.224 e. The van der Waals surface area contributed by atoms with E-state index in [1.54, 1.807) is 48.7 Å². The van der Waals surface area contributed by atoms with Gasteiger partial charge < -0.3 is 19.5 Å². The summed E-state index contributed by atoms with van der Waals surface area (Å²) < 4.78 is 42.9. The van der Waals surface area contributed by atoms with Crippen molar-refractivity contribution in [3.8, 4) is 17.2 Å². The van der Waals surface area contributed by atoms with Gasteiger partial charge in [-0.05, 0) is 60.5 Å². The van der Waals surface area contributed by atoms with Gasteiger partial charge in [0.05, 0.1) is 32.1 Å². The van der Waals surface area contributed by atoms with Crippen molar-refractivity contribution in [2.45, 2.75) is 23.5 Å². The number of nitrogens with zero attached hydrogens (tertiary/aromatic N) is 1. The zero-order valence-electron chi connectivity index (χ0n) is 19.4. The smallest absolute Gasteiger partial charge is 0.224 e. The summed E-state index contributed by atoms with van der Waals surface area (Å²) in [6.07, 6.45) is 3.13. The molecule has 0 radical (unpaired) electrons. The molecule has 1 amide bonds. The fraction of sp³-hybridized carbons (Fsp3) is 0.280. The number of amides is 1. The standard InChI is InChI=1S/C25H28N2O6S/c1-4-33-20-8-10-21(11-9-20)34(29,30)24(19-6-5-13-26-16-19)17-27-25(28)15-18-7-12-22(31-2)23(14-18)32-3/h5-14,16,24H,4,15,17H2,1-3H3,(H,27,28). The number of nitrogens with one attached hydrogen (secondary N) is 1. The van der Waals surface area contributed by atoms with Crippen LogP contribution in [0, 0.1) is 0 Å². The molecule has 2 aromatic carbocycles. The molecule has 0 bridgehead atoms. The highest BCUT2D eigenvalue weighted by atomic mass is 32.2. The number of pyridine rings is 1. The zero-order valence-corrected chi connectivity index (χ0v) is 20.2. The van der Waals surface area contributed by atoms with E-state index in [0.717, 1.165) is 0 Å². The highest BCUT2D eigenvalue weighted by Crippen LogP contribution is 2.30. The molecule has 3 aromatic rings. The van der Waals surface area contributed by atoms with Crippen molar-refractivity contribution in [1.82, 2.24) is 10.3 Å². The third kappa shape index (κ3) is 6.05. The summed E-state index contributed by atoms with van der Waals surface area (Å²) in [5.74, 6) is 1.34. The second kappa shape index (κ2) is 11.5. The first-order chi connectivity index (χ1) is 16.4. The molecular formula is C25H28N2O6S. The second-order valence-corrected chi connectivity index (χ2v) is 9.53. The van der Waals surface area contributed by atoms with Gasteiger partial charge in [0.1, 0.15) is 11.0 Å². The van der Waals surface area contributed by atoms with E-state index in [4.69, 9.17) is 14.2 Å². The molecule has 3 rings (SSSR count). The molecule has 1 heterocycles. The first-order valence-corrected chi connectivity index (χ1v) is 12.3. The van der Waals surface area contributed by atoms with Crippen LogP contribution in [-0.2, 0) is 21.1 Å². The average molecular weight is 485 g/mol. The first kappa shape index (κ1) is 25.0. The number of ether oxygens (including phenoxy) is 3. The van der Waals surface area contributed by atoms with E-state index >= 15 is 0 Å². The number of carbonyl (C=O) groups is 1.